The predicted octanol–water partition coefficient (Wildman–Crippen LogP) is 3.10. The van der Waals surface area contributed by atoms with E-state index in [2.05, 4.69) is 20.0 Å². The fourth-order valence-electron chi connectivity index (χ4n) is 4.06. The lowest BCUT2D eigenvalue weighted by atomic mass is 9.98. The van der Waals surface area contributed by atoms with Crippen LogP contribution >= 0.6 is 19.5 Å². The molecular formula is C24H38FN6O10PS. The third-order valence-corrected chi connectivity index (χ3v) is 8.32. The molecule has 0 radical (unpaired) electrons. The number of ether oxygens (including phenoxy) is 4. The predicted molar refractivity (Wildman–Crippen MR) is 153 cm³/mol. The fourth-order valence-corrected chi connectivity index (χ4v) is 6.06. The van der Waals surface area contributed by atoms with Gasteiger partial charge in [0.2, 0.25) is 18.1 Å². The van der Waals surface area contributed by atoms with Gasteiger partial charge in [0.25, 0.3) is 0 Å². The molecule has 43 heavy (non-hydrogen) atoms. The molecule has 1 fully saturated rings. The van der Waals surface area contributed by atoms with Crippen LogP contribution < -0.4 is 15.6 Å². The number of nitrogens with zero attached hydrogens (tertiary/aromatic N) is 4. The number of thioether (sulfide) groups is 1. The summed E-state index contributed by atoms with van der Waals surface area (Å²) in [5.74, 6) is -0.405. The van der Waals surface area contributed by atoms with Crippen molar-refractivity contribution < 1.29 is 51.6 Å². The van der Waals surface area contributed by atoms with Gasteiger partial charge < -0.3 is 29.8 Å². The number of hydrogen-bond donors (Lipinski definition) is 3. The van der Waals surface area contributed by atoms with Crippen molar-refractivity contribution in [1.29, 1.82) is 0 Å². The number of nitrogens with two attached hydrogens (primary N) is 1. The second-order valence-electron chi connectivity index (χ2n) is 9.87. The minimum atomic E-state index is -4.49. The van der Waals surface area contributed by atoms with Crippen LogP contribution in [0.25, 0.3) is 11.2 Å². The molecule has 19 heteroatoms. The van der Waals surface area contributed by atoms with Crippen molar-refractivity contribution in [3.05, 3.63) is 6.33 Å². The molecule has 2 aromatic rings. The Hall–Kier alpha value is -2.60. The van der Waals surface area contributed by atoms with E-state index in [1.54, 1.807) is 27.7 Å². The first-order chi connectivity index (χ1) is 20.1. The molecule has 4 N–H and O–H groups in total. The summed E-state index contributed by atoms with van der Waals surface area (Å²) in [7, 11) is -4.49. The quantitative estimate of drug-likeness (QED) is 0.152. The van der Waals surface area contributed by atoms with E-state index in [0.717, 1.165) is 18.7 Å². The molecule has 1 saturated heterocycles. The van der Waals surface area contributed by atoms with Gasteiger partial charge in [-0.3, -0.25) is 18.4 Å². The maximum atomic E-state index is 16.0. The number of esters is 1. The van der Waals surface area contributed by atoms with Crippen molar-refractivity contribution in [3.63, 3.8) is 0 Å². The summed E-state index contributed by atoms with van der Waals surface area (Å²) in [5.41, 5.74) is 3.66. The van der Waals surface area contributed by atoms with Crippen molar-refractivity contribution in [1.82, 2.24) is 24.6 Å². The van der Waals surface area contributed by atoms with Crippen LogP contribution in [0.1, 0.15) is 54.7 Å². The highest BCUT2D eigenvalue weighted by Crippen LogP contribution is 2.49. The molecule has 0 aliphatic carbocycles. The molecule has 3 rings (SSSR count). The van der Waals surface area contributed by atoms with Gasteiger partial charge in [0.15, 0.2) is 23.1 Å². The SMILES string of the molecule is CCOc1nc(N)nc2c1ncn2[C@@H]1O[C@H](COP(=O)(N[C@@H](C)C(=O)OC(C)C)OC(C)OC(=O)SCC)[C@@H](O)[C@@]1(C)F. The molecule has 0 saturated carbocycles. The van der Waals surface area contributed by atoms with Crippen LogP contribution in [0, 0.1) is 0 Å². The summed E-state index contributed by atoms with van der Waals surface area (Å²) in [6, 6.07) is -1.20. The maximum Gasteiger partial charge on any atom is 0.409 e. The number of carbonyl (C=O) groups excluding carboxylic acids is 2. The van der Waals surface area contributed by atoms with Crippen LogP contribution in [0.4, 0.5) is 15.1 Å². The highest BCUT2D eigenvalue weighted by molar-refractivity contribution is 8.13. The Morgan fingerprint density at radius 2 is 1.98 bits per heavy atom. The minimum absolute atomic E-state index is 0.0872. The number of halogens is 1. The van der Waals surface area contributed by atoms with E-state index >= 15 is 4.39 Å². The van der Waals surface area contributed by atoms with Gasteiger partial charge in [0.05, 0.1) is 25.6 Å². The average molecular weight is 653 g/mol. The second kappa shape index (κ2) is 14.5. The number of aliphatic hydroxyl groups is 1. The zero-order valence-corrected chi connectivity index (χ0v) is 26.6. The molecule has 0 spiro atoms. The van der Waals surface area contributed by atoms with E-state index in [1.807, 2.05) is 0 Å². The molecule has 7 atom stereocenters. The first kappa shape index (κ1) is 34.9. The van der Waals surface area contributed by atoms with E-state index in [0.29, 0.717) is 5.75 Å². The first-order valence-electron chi connectivity index (χ1n) is 13.5. The second-order valence-corrected chi connectivity index (χ2v) is 12.8. The van der Waals surface area contributed by atoms with Crippen molar-refractivity contribution >= 4 is 47.9 Å². The number of imidazole rings is 1. The van der Waals surface area contributed by atoms with E-state index in [1.165, 1.54) is 24.7 Å². The Kier molecular flexibility index (Phi) is 11.7. The van der Waals surface area contributed by atoms with Crippen LogP contribution in [0.5, 0.6) is 5.88 Å². The molecule has 1 aliphatic heterocycles. The van der Waals surface area contributed by atoms with Crippen LogP contribution in [0.3, 0.4) is 0 Å². The van der Waals surface area contributed by atoms with Gasteiger partial charge in [-0.2, -0.15) is 9.97 Å². The topological polar surface area (TPSA) is 208 Å². The molecule has 0 bridgehead atoms. The minimum Gasteiger partial charge on any atom is -0.476 e. The van der Waals surface area contributed by atoms with Gasteiger partial charge in [-0.15, -0.1) is 0 Å². The molecule has 1 aliphatic rings. The summed E-state index contributed by atoms with van der Waals surface area (Å²) in [6.45, 7) is 10.1. The van der Waals surface area contributed by atoms with Gasteiger partial charge >= 0.3 is 19.0 Å². The van der Waals surface area contributed by atoms with Crippen LogP contribution in [0.15, 0.2) is 6.33 Å². The third kappa shape index (κ3) is 8.53. The smallest absolute Gasteiger partial charge is 0.409 e. The normalized spacial score (nSPS) is 24.9. The Morgan fingerprint density at radius 3 is 2.60 bits per heavy atom. The Bertz CT molecular complexity index is 1330. The van der Waals surface area contributed by atoms with E-state index in [4.69, 9.17) is 33.7 Å². The largest absolute Gasteiger partial charge is 0.476 e. The zero-order chi connectivity index (χ0) is 32.1. The number of anilines is 1. The molecular weight excluding hydrogens is 614 g/mol. The standard InChI is InChI=1S/C24H38FN6O10PS/c1-8-36-19-16-18(28-22(26)29-19)31(11-27-16)21-24(7,25)17(32)15(40-21)10-37-42(35,30-13(5)20(33)38-12(3)4)41-14(6)39-23(34)43-9-2/h11-15,17,21,32H,8-10H2,1-7H3,(H,30,35)(H2,26,28,29)/t13-,14?,15+,17+,21+,24+,42?/m0/s1. The number of alkyl halides is 1. The maximum absolute atomic E-state index is 16.0. The van der Waals surface area contributed by atoms with Crippen molar-refractivity contribution in [2.45, 2.75) is 91.0 Å². The Labute approximate surface area is 252 Å². The van der Waals surface area contributed by atoms with E-state index in [9.17, 15) is 19.3 Å². The van der Waals surface area contributed by atoms with Crippen LogP contribution in [-0.4, -0.2) is 91.2 Å². The molecule has 242 valence electrons. The number of rotatable bonds is 14. The Balaban J connectivity index is 1.83. The lowest BCUT2D eigenvalue weighted by Crippen LogP contribution is -2.41. The number of fused-ring (bicyclic) bond motifs is 1. The van der Waals surface area contributed by atoms with Gasteiger partial charge in [-0.25, -0.2) is 23.8 Å². The number of hydrogen-bond acceptors (Lipinski definition) is 15. The van der Waals surface area contributed by atoms with Gasteiger partial charge in [0, 0.05) is 5.75 Å². The first-order valence-corrected chi connectivity index (χ1v) is 16.0. The molecule has 2 aromatic heterocycles. The number of carbonyl (C=O) groups is 2. The number of aromatic nitrogens is 4. The highest BCUT2D eigenvalue weighted by Gasteiger charge is 2.56. The lowest BCUT2D eigenvalue weighted by Gasteiger charge is -2.27. The summed E-state index contributed by atoms with van der Waals surface area (Å²) < 4.78 is 63.4. The summed E-state index contributed by atoms with van der Waals surface area (Å²) in [5, 5.41) is 12.6. The van der Waals surface area contributed by atoms with Crippen LogP contribution in [-0.2, 0) is 32.6 Å². The zero-order valence-electron chi connectivity index (χ0n) is 24.9. The third-order valence-electron chi connectivity index (χ3n) is 5.93. The van der Waals surface area contributed by atoms with Gasteiger partial charge in [-0.05, 0) is 53.3 Å². The number of aliphatic hydroxyl groups excluding tert-OH is 1. The average Bonchev–Trinajstić information content (AvgIpc) is 3.40. The summed E-state index contributed by atoms with van der Waals surface area (Å²) in [4.78, 5) is 36.6. The van der Waals surface area contributed by atoms with E-state index in [-0.39, 0.29) is 29.6 Å². The lowest BCUT2D eigenvalue weighted by molar-refractivity contribution is -0.149. The summed E-state index contributed by atoms with van der Waals surface area (Å²) in [6.07, 6.45) is -5.28. The fraction of sp³-hybridized carbons (Fsp3) is 0.708. The number of nitrogen functional groups attached to an aromatic ring is 1. The van der Waals surface area contributed by atoms with Crippen molar-refractivity contribution in [2.24, 2.45) is 0 Å². The van der Waals surface area contributed by atoms with Crippen molar-refractivity contribution in [2.75, 3.05) is 24.7 Å². The Morgan fingerprint density at radius 1 is 1.28 bits per heavy atom. The molecule has 16 nitrogen and oxygen atoms in total. The molecule has 2 unspecified atom stereocenters. The number of nitrogens with one attached hydrogen (secondary N) is 1. The molecule has 3 heterocycles. The van der Waals surface area contributed by atoms with Gasteiger partial charge in [0.1, 0.15) is 18.2 Å². The molecule has 0 aromatic carbocycles. The van der Waals surface area contributed by atoms with Gasteiger partial charge in [-0.1, -0.05) is 6.92 Å². The highest BCUT2D eigenvalue weighted by atomic mass is 32.2. The van der Waals surface area contributed by atoms with E-state index < -0.39 is 68.2 Å². The van der Waals surface area contributed by atoms with Crippen molar-refractivity contribution in [3.8, 4) is 5.88 Å². The monoisotopic (exact) mass is 652 g/mol. The van der Waals surface area contributed by atoms with Crippen LogP contribution in [0.2, 0.25) is 0 Å². The summed E-state index contributed by atoms with van der Waals surface area (Å²) >= 11 is 0.856. The molecule has 0 amide bonds.